The quantitative estimate of drug-likeness (QED) is 0.390. The molecule has 2 heterocycles. The van der Waals surface area contributed by atoms with Gasteiger partial charge in [0.25, 0.3) is 11.5 Å². The zero-order valence-corrected chi connectivity index (χ0v) is 17.8. The average molecular weight is 470 g/mol. The van der Waals surface area contributed by atoms with E-state index in [4.69, 9.17) is 0 Å². The molecule has 4 aromatic rings. The Balaban J connectivity index is 1.90. The second-order valence-corrected chi connectivity index (χ2v) is 7.69. The molecule has 8 nitrogen and oxygen atoms in total. The number of ether oxygens (including phenoxy) is 1. The van der Waals surface area contributed by atoms with E-state index < -0.39 is 23.6 Å². The molecule has 3 N–H and O–H groups in total. The van der Waals surface area contributed by atoms with Crippen LogP contribution in [0.3, 0.4) is 0 Å². The van der Waals surface area contributed by atoms with Gasteiger partial charge in [-0.15, -0.1) is 11.3 Å². The number of thiophene rings is 1. The molecule has 0 aliphatic rings. The van der Waals surface area contributed by atoms with E-state index in [9.17, 15) is 23.2 Å². The maximum Gasteiger partial charge on any atom is 0.425 e. The number of fused-ring (bicyclic) bond motifs is 1. The van der Waals surface area contributed by atoms with Gasteiger partial charge in [-0.3, -0.25) is 19.6 Å². The summed E-state index contributed by atoms with van der Waals surface area (Å²) in [6.45, 7) is 0. The number of rotatable bonds is 4. The summed E-state index contributed by atoms with van der Waals surface area (Å²) in [6.07, 6.45) is -0.898. The number of nitrogens with zero attached hydrogens (tertiary/aromatic N) is 1. The van der Waals surface area contributed by atoms with Gasteiger partial charge in [0, 0.05) is 17.5 Å². The standard InChI is InChI=1S/C22H16F2N4O4S/c1-32-22(31)27-26-20(30)19-18(25-16-9-7-12(23)11-15(16)24)14-8-10-17(29)28(21(14)33-19)13-5-3-2-4-6-13/h2-11,25H,1H3,(H,26,30)(H,27,31). The molecule has 0 saturated heterocycles. The van der Waals surface area contributed by atoms with Crippen LogP contribution in [0.1, 0.15) is 9.67 Å². The van der Waals surface area contributed by atoms with Gasteiger partial charge in [-0.1, -0.05) is 18.2 Å². The molecular weight excluding hydrogens is 454 g/mol. The van der Waals surface area contributed by atoms with Gasteiger partial charge in [0.05, 0.1) is 24.2 Å². The fraction of sp³-hybridized carbons (Fsp3) is 0.0455. The van der Waals surface area contributed by atoms with Crippen molar-refractivity contribution in [1.82, 2.24) is 15.4 Å². The van der Waals surface area contributed by atoms with E-state index in [2.05, 4.69) is 20.9 Å². The predicted molar refractivity (Wildman–Crippen MR) is 120 cm³/mol. The molecule has 11 heteroatoms. The lowest BCUT2D eigenvalue weighted by molar-refractivity contribution is 0.0925. The molecule has 33 heavy (non-hydrogen) atoms. The number of anilines is 2. The van der Waals surface area contributed by atoms with Gasteiger partial charge < -0.3 is 10.1 Å². The van der Waals surface area contributed by atoms with Gasteiger partial charge in [0.15, 0.2) is 0 Å². The molecule has 0 atom stereocenters. The molecule has 0 saturated carbocycles. The maximum atomic E-state index is 14.4. The number of carbonyl (C=O) groups excluding carboxylic acids is 2. The highest BCUT2D eigenvalue weighted by Gasteiger charge is 2.23. The molecule has 0 radical (unpaired) electrons. The lowest BCUT2D eigenvalue weighted by Crippen LogP contribution is -2.41. The van der Waals surface area contributed by atoms with Gasteiger partial charge in [0.1, 0.15) is 21.3 Å². The number of hydrogen-bond donors (Lipinski definition) is 3. The van der Waals surface area contributed by atoms with Crippen LogP contribution < -0.4 is 21.7 Å². The minimum atomic E-state index is -0.898. The Kier molecular flexibility index (Phi) is 6.05. The lowest BCUT2D eigenvalue weighted by atomic mass is 10.2. The zero-order chi connectivity index (χ0) is 23.5. The first kappa shape index (κ1) is 22.0. The first-order valence-electron chi connectivity index (χ1n) is 9.49. The van der Waals surface area contributed by atoms with E-state index >= 15 is 0 Å². The lowest BCUT2D eigenvalue weighted by Gasteiger charge is -2.11. The van der Waals surface area contributed by atoms with Crippen molar-refractivity contribution in [3.05, 3.63) is 87.5 Å². The normalized spacial score (nSPS) is 10.6. The van der Waals surface area contributed by atoms with Crippen LogP contribution in [0.4, 0.5) is 25.0 Å². The highest BCUT2D eigenvalue weighted by atomic mass is 32.1. The Labute approximate surface area is 189 Å². The number of pyridine rings is 1. The van der Waals surface area contributed by atoms with E-state index in [-0.39, 0.29) is 21.8 Å². The number of hydrazine groups is 1. The molecule has 0 aliphatic heterocycles. The fourth-order valence-corrected chi connectivity index (χ4v) is 4.30. The van der Waals surface area contributed by atoms with Crippen LogP contribution in [-0.2, 0) is 4.74 Å². The third-order valence-electron chi connectivity index (χ3n) is 4.62. The summed E-state index contributed by atoms with van der Waals surface area (Å²) in [5.41, 5.74) is 4.59. The monoisotopic (exact) mass is 470 g/mol. The number of nitrogens with one attached hydrogen (secondary N) is 3. The van der Waals surface area contributed by atoms with Crippen molar-refractivity contribution in [3.8, 4) is 5.69 Å². The number of para-hydroxylation sites is 1. The molecule has 4 rings (SSSR count). The number of hydrogen-bond acceptors (Lipinski definition) is 6. The van der Waals surface area contributed by atoms with Crippen molar-refractivity contribution >= 4 is 44.9 Å². The third kappa shape index (κ3) is 4.39. The van der Waals surface area contributed by atoms with Crippen LogP contribution in [0.15, 0.2) is 65.5 Å². The first-order chi connectivity index (χ1) is 15.9. The van der Waals surface area contributed by atoms with Gasteiger partial charge >= 0.3 is 6.09 Å². The fourth-order valence-electron chi connectivity index (χ4n) is 3.13. The predicted octanol–water partition coefficient (Wildman–Crippen LogP) is 4.07. The van der Waals surface area contributed by atoms with Crippen molar-refractivity contribution in [2.75, 3.05) is 12.4 Å². The van der Waals surface area contributed by atoms with Crippen LogP contribution in [0.2, 0.25) is 0 Å². The van der Waals surface area contributed by atoms with Gasteiger partial charge in [-0.05, 0) is 30.3 Å². The topological polar surface area (TPSA) is 101 Å². The molecule has 0 bridgehead atoms. The van der Waals surface area contributed by atoms with Crippen molar-refractivity contribution in [1.29, 1.82) is 0 Å². The molecule has 0 spiro atoms. The van der Waals surface area contributed by atoms with Gasteiger partial charge in [-0.25, -0.2) is 19.0 Å². The Bertz CT molecular complexity index is 1420. The zero-order valence-electron chi connectivity index (χ0n) is 17.0. The summed E-state index contributed by atoms with van der Waals surface area (Å²) in [6, 6.07) is 14.6. The summed E-state index contributed by atoms with van der Waals surface area (Å²) >= 11 is 0.955. The summed E-state index contributed by atoms with van der Waals surface area (Å²) in [7, 11) is 1.13. The van der Waals surface area contributed by atoms with Crippen molar-refractivity contribution in [2.24, 2.45) is 0 Å². The smallest absolute Gasteiger partial charge is 0.425 e. The molecule has 0 unspecified atom stereocenters. The molecular formula is C22H16F2N4O4S. The molecule has 0 fully saturated rings. The summed E-state index contributed by atoms with van der Waals surface area (Å²) in [5.74, 6) is -2.37. The molecule has 2 aromatic heterocycles. The van der Waals surface area contributed by atoms with Crippen LogP contribution in [0.25, 0.3) is 15.9 Å². The number of halogens is 2. The van der Waals surface area contributed by atoms with Crippen LogP contribution in [-0.4, -0.2) is 23.7 Å². The maximum absolute atomic E-state index is 14.4. The molecule has 0 aliphatic carbocycles. The molecule has 168 valence electrons. The van der Waals surface area contributed by atoms with E-state index in [1.807, 2.05) is 0 Å². The summed E-state index contributed by atoms with van der Waals surface area (Å²) in [5, 5.41) is 3.26. The van der Waals surface area contributed by atoms with E-state index in [0.717, 1.165) is 24.5 Å². The minimum Gasteiger partial charge on any atom is -0.452 e. The number of amides is 2. The first-order valence-corrected chi connectivity index (χ1v) is 10.3. The second kappa shape index (κ2) is 9.09. The minimum absolute atomic E-state index is 0.0420. The van der Waals surface area contributed by atoms with Gasteiger partial charge in [0.2, 0.25) is 0 Å². The summed E-state index contributed by atoms with van der Waals surface area (Å²) in [4.78, 5) is 37.4. The average Bonchev–Trinajstić information content (AvgIpc) is 3.17. The molecule has 2 aromatic carbocycles. The molecule has 2 amide bonds. The van der Waals surface area contributed by atoms with E-state index in [0.29, 0.717) is 22.0 Å². The van der Waals surface area contributed by atoms with Crippen LogP contribution in [0, 0.1) is 11.6 Å². The third-order valence-corrected chi connectivity index (χ3v) is 5.81. The van der Waals surface area contributed by atoms with E-state index in [1.165, 1.54) is 22.8 Å². The van der Waals surface area contributed by atoms with Crippen molar-refractivity contribution in [2.45, 2.75) is 0 Å². The SMILES string of the molecule is COC(=O)NNC(=O)c1sc2c(ccc(=O)n2-c2ccccc2)c1Nc1ccc(F)cc1F. The summed E-state index contributed by atoms with van der Waals surface area (Å²) < 4.78 is 33.6. The number of methoxy groups -OCH3 is 1. The number of benzene rings is 2. The van der Waals surface area contributed by atoms with Crippen molar-refractivity contribution in [3.63, 3.8) is 0 Å². The number of aromatic nitrogens is 1. The highest BCUT2D eigenvalue weighted by molar-refractivity contribution is 7.21. The number of carbonyl (C=O) groups is 2. The largest absolute Gasteiger partial charge is 0.452 e. The Morgan fingerprint density at radius 3 is 2.45 bits per heavy atom. The second-order valence-electron chi connectivity index (χ2n) is 6.69. The van der Waals surface area contributed by atoms with Crippen LogP contribution >= 0.6 is 11.3 Å². The Hall–Kier alpha value is -4.25. The van der Waals surface area contributed by atoms with Gasteiger partial charge in [-0.2, -0.15) is 0 Å². The Morgan fingerprint density at radius 2 is 1.76 bits per heavy atom. The Morgan fingerprint density at radius 1 is 1.00 bits per heavy atom. The highest BCUT2D eigenvalue weighted by Crippen LogP contribution is 2.38. The van der Waals surface area contributed by atoms with E-state index in [1.54, 1.807) is 30.3 Å². The van der Waals surface area contributed by atoms with Crippen molar-refractivity contribution < 1.29 is 23.1 Å². The van der Waals surface area contributed by atoms with Crippen LogP contribution in [0.5, 0.6) is 0 Å².